The van der Waals surface area contributed by atoms with Crippen LogP contribution in [-0.2, 0) is 17.9 Å². The number of aliphatic hydroxyl groups is 1. The molecule has 24 heavy (non-hydrogen) atoms. The summed E-state index contributed by atoms with van der Waals surface area (Å²) in [6.07, 6.45) is -3.74. The highest BCUT2D eigenvalue weighted by molar-refractivity contribution is 5.83. The minimum absolute atomic E-state index is 0.0943. The number of aliphatic hydroxyl groups excluding tert-OH is 1. The number of alkyl halides is 3. The van der Waals surface area contributed by atoms with E-state index < -0.39 is 18.0 Å². The van der Waals surface area contributed by atoms with Gasteiger partial charge in [0.25, 0.3) is 5.91 Å². The maximum Gasteiger partial charge on any atom is 0.406 e. The fourth-order valence-electron chi connectivity index (χ4n) is 2.84. The Morgan fingerprint density at radius 1 is 1.33 bits per heavy atom. The van der Waals surface area contributed by atoms with Crippen molar-refractivity contribution in [2.75, 3.05) is 13.2 Å². The normalized spacial score (nSPS) is 20.2. The first-order valence-corrected chi connectivity index (χ1v) is 7.22. The van der Waals surface area contributed by atoms with Gasteiger partial charge in [-0.1, -0.05) is 12.1 Å². The van der Waals surface area contributed by atoms with Gasteiger partial charge in [-0.15, -0.1) is 5.11 Å². The van der Waals surface area contributed by atoms with E-state index in [2.05, 4.69) is 10.2 Å². The molecule has 0 bridgehead atoms. The van der Waals surface area contributed by atoms with E-state index in [1.807, 2.05) is 0 Å². The summed E-state index contributed by atoms with van der Waals surface area (Å²) in [6.45, 7) is 0.311. The number of rotatable bonds is 4. The van der Waals surface area contributed by atoms with E-state index in [4.69, 9.17) is 9.84 Å². The standard InChI is InChI=1S/C15H14F3N3O3/c16-15(17,18)13-11(6-19-20-14(13)23)21-7-9-2-1-3-12(10(9)8-21)24-5-4-22/h1-3,6,13,22H,4-5,7-8H2. The molecule has 0 fully saturated rings. The van der Waals surface area contributed by atoms with Crippen LogP contribution in [0.3, 0.4) is 0 Å². The van der Waals surface area contributed by atoms with Gasteiger partial charge in [0.15, 0.2) is 5.92 Å². The highest BCUT2D eigenvalue weighted by Crippen LogP contribution is 2.41. The van der Waals surface area contributed by atoms with Crippen LogP contribution in [0, 0.1) is 5.92 Å². The van der Waals surface area contributed by atoms with Crippen LogP contribution in [0.25, 0.3) is 0 Å². The molecule has 0 radical (unpaired) electrons. The predicted octanol–water partition coefficient (Wildman–Crippen LogP) is 2.39. The summed E-state index contributed by atoms with van der Waals surface area (Å²) in [6, 6.07) is 5.21. The number of azo groups is 1. The van der Waals surface area contributed by atoms with Gasteiger partial charge in [0.2, 0.25) is 0 Å². The molecule has 6 nitrogen and oxygen atoms in total. The molecular formula is C15H14F3N3O3. The third-order valence-electron chi connectivity index (χ3n) is 3.87. The molecule has 0 aliphatic carbocycles. The van der Waals surface area contributed by atoms with Crippen molar-refractivity contribution in [1.29, 1.82) is 0 Å². The van der Waals surface area contributed by atoms with Crippen LogP contribution >= 0.6 is 0 Å². The quantitative estimate of drug-likeness (QED) is 0.912. The summed E-state index contributed by atoms with van der Waals surface area (Å²) >= 11 is 0. The maximum atomic E-state index is 13.2. The van der Waals surface area contributed by atoms with Crippen LogP contribution in [0.1, 0.15) is 11.1 Å². The lowest BCUT2D eigenvalue weighted by atomic mass is 10.0. The SMILES string of the molecule is O=C1N=NC=C(N2Cc3cccc(OCCO)c3C2)C1C(F)(F)F. The van der Waals surface area contributed by atoms with Crippen molar-refractivity contribution in [3.05, 3.63) is 41.2 Å². The minimum Gasteiger partial charge on any atom is -0.491 e. The Morgan fingerprint density at radius 3 is 2.83 bits per heavy atom. The molecule has 1 unspecified atom stereocenters. The highest BCUT2D eigenvalue weighted by atomic mass is 19.4. The molecule has 0 saturated heterocycles. The lowest BCUT2D eigenvalue weighted by molar-refractivity contribution is -0.177. The fraction of sp³-hybridized carbons (Fsp3) is 0.400. The van der Waals surface area contributed by atoms with E-state index in [1.165, 1.54) is 4.90 Å². The van der Waals surface area contributed by atoms with Gasteiger partial charge in [0, 0.05) is 18.7 Å². The monoisotopic (exact) mass is 341 g/mol. The van der Waals surface area contributed by atoms with E-state index >= 15 is 0 Å². The number of nitrogens with zero attached hydrogens (tertiary/aromatic N) is 3. The summed E-state index contributed by atoms with van der Waals surface area (Å²) in [5.41, 5.74) is 1.33. The van der Waals surface area contributed by atoms with E-state index in [0.29, 0.717) is 5.75 Å². The van der Waals surface area contributed by atoms with Crippen molar-refractivity contribution in [3.8, 4) is 5.75 Å². The summed E-state index contributed by atoms with van der Waals surface area (Å²) < 4.78 is 45.1. The summed E-state index contributed by atoms with van der Waals surface area (Å²) in [7, 11) is 0. The number of halogens is 3. The Kier molecular flexibility index (Phi) is 4.27. The van der Waals surface area contributed by atoms with Crippen molar-refractivity contribution >= 4 is 5.91 Å². The van der Waals surface area contributed by atoms with Gasteiger partial charge in [-0.05, 0) is 11.6 Å². The van der Waals surface area contributed by atoms with Crippen LogP contribution in [0.15, 0.2) is 40.3 Å². The number of fused-ring (bicyclic) bond motifs is 1. The largest absolute Gasteiger partial charge is 0.491 e. The Morgan fingerprint density at radius 2 is 2.12 bits per heavy atom. The van der Waals surface area contributed by atoms with E-state index in [1.54, 1.807) is 18.2 Å². The molecule has 1 atom stereocenters. The van der Waals surface area contributed by atoms with Crippen LogP contribution in [0.5, 0.6) is 5.75 Å². The lowest BCUT2D eigenvalue weighted by Crippen LogP contribution is -2.38. The Balaban J connectivity index is 1.88. The van der Waals surface area contributed by atoms with E-state index in [0.717, 1.165) is 17.3 Å². The van der Waals surface area contributed by atoms with Gasteiger partial charge in [-0.3, -0.25) is 4.79 Å². The zero-order valence-electron chi connectivity index (χ0n) is 12.5. The van der Waals surface area contributed by atoms with E-state index in [9.17, 15) is 18.0 Å². The van der Waals surface area contributed by atoms with Crippen molar-refractivity contribution in [1.82, 2.24) is 4.90 Å². The van der Waals surface area contributed by atoms with Crippen molar-refractivity contribution in [2.24, 2.45) is 16.1 Å². The Bertz CT molecular complexity index is 716. The average molecular weight is 341 g/mol. The van der Waals surface area contributed by atoms with Gasteiger partial charge < -0.3 is 14.7 Å². The molecule has 0 aromatic heterocycles. The predicted molar refractivity (Wildman–Crippen MR) is 75.8 cm³/mol. The zero-order chi connectivity index (χ0) is 17.3. The molecule has 2 aliphatic heterocycles. The fourth-order valence-corrected chi connectivity index (χ4v) is 2.84. The molecular weight excluding hydrogens is 327 g/mol. The molecule has 1 N–H and O–H groups in total. The van der Waals surface area contributed by atoms with Crippen LogP contribution < -0.4 is 4.74 Å². The molecule has 0 spiro atoms. The first kappa shape index (κ1) is 16.4. The first-order chi connectivity index (χ1) is 11.4. The number of carbonyl (C=O) groups is 1. The smallest absolute Gasteiger partial charge is 0.406 e. The third-order valence-corrected chi connectivity index (χ3v) is 3.87. The molecule has 1 aromatic rings. The van der Waals surface area contributed by atoms with Crippen molar-refractivity contribution < 1.29 is 27.8 Å². The number of benzene rings is 1. The average Bonchev–Trinajstić information content (AvgIpc) is 2.96. The summed E-state index contributed by atoms with van der Waals surface area (Å²) in [5.74, 6) is -3.10. The highest BCUT2D eigenvalue weighted by Gasteiger charge is 2.50. The lowest BCUT2D eigenvalue weighted by Gasteiger charge is -2.28. The second-order valence-corrected chi connectivity index (χ2v) is 5.40. The molecule has 2 heterocycles. The van der Waals surface area contributed by atoms with E-state index in [-0.39, 0.29) is 32.0 Å². The third kappa shape index (κ3) is 2.99. The van der Waals surface area contributed by atoms with Gasteiger partial charge in [0.05, 0.1) is 18.5 Å². The van der Waals surface area contributed by atoms with Gasteiger partial charge in [-0.25, -0.2) is 0 Å². The Hall–Kier alpha value is -2.42. The number of hydrogen-bond acceptors (Lipinski definition) is 5. The number of ether oxygens (including phenoxy) is 1. The van der Waals surface area contributed by atoms with Crippen LogP contribution in [-0.4, -0.2) is 35.3 Å². The maximum absolute atomic E-state index is 13.2. The summed E-state index contributed by atoms with van der Waals surface area (Å²) in [4.78, 5) is 13.0. The second-order valence-electron chi connectivity index (χ2n) is 5.40. The number of carbonyl (C=O) groups excluding carboxylic acids is 1. The molecule has 1 aromatic carbocycles. The molecule has 128 valence electrons. The zero-order valence-corrected chi connectivity index (χ0v) is 12.5. The number of hydrogen-bond donors (Lipinski definition) is 1. The van der Waals surface area contributed by atoms with Crippen LogP contribution in [0.4, 0.5) is 13.2 Å². The minimum atomic E-state index is -4.73. The summed E-state index contributed by atoms with van der Waals surface area (Å²) in [5, 5.41) is 15.3. The van der Waals surface area contributed by atoms with Crippen molar-refractivity contribution in [2.45, 2.75) is 19.3 Å². The van der Waals surface area contributed by atoms with Gasteiger partial charge >= 0.3 is 6.18 Å². The number of amides is 1. The molecule has 9 heteroatoms. The first-order valence-electron chi connectivity index (χ1n) is 7.22. The molecule has 3 rings (SSSR count). The van der Waals surface area contributed by atoms with Crippen LogP contribution in [0.2, 0.25) is 0 Å². The van der Waals surface area contributed by atoms with Gasteiger partial charge in [-0.2, -0.15) is 18.3 Å². The van der Waals surface area contributed by atoms with Gasteiger partial charge in [0.1, 0.15) is 12.4 Å². The van der Waals surface area contributed by atoms with Crippen molar-refractivity contribution in [3.63, 3.8) is 0 Å². The molecule has 1 amide bonds. The molecule has 2 aliphatic rings. The second kappa shape index (κ2) is 6.23. The molecule has 0 saturated carbocycles. The Labute approximate surface area is 135 Å². The topological polar surface area (TPSA) is 74.5 Å².